The molecule has 2 aromatic carbocycles. The van der Waals surface area contributed by atoms with E-state index in [1.54, 1.807) is 6.07 Å². The summed E-state index contributed by atoms with van der Waals surface area (Å²) in [6.07, 6.45) is 2.26. The smallest absolute Gasteiger partial charge is 0.335 e. The number of hydrogen-bond acceptors (Lipinski definition) is 7. The molecule has 0 bridgehead atoms. The molecule has 10 heteroatoms. The predicted molar refractivity (Wildman–Crippen MR) is 123 cm³/mol. The summed E-state index contributed by atoms with van der Waals surface area (Å²) in [6, 6.07) is 7.75. The van der Waals surface area contributed by atoms with Crippen molar-refractivity contribution in [1.82, 2.24) is 10.6 Å². The number of rotatable bonds is 7. The summed E-state index contributed by atoms with van der Waals surface area (Å²) in [5.74, 6) is -3.60. The Kier molecular flexibility index (Phi) is 6.42. The first kappa shape index (κ1) is 23.1. The molecule has 34 heavy (non-hydrogen) atoms. The molecule has 2 aliphatic rings. The molecular formula is C24H24N4O6. The quantitative estimate of drug-likeness (QED) is 0.456. The molecule has 1 fully saturated rings. The third-order valence-corrected chi connectivity index (χ3v) is 5.82. The molecular weight excluding hydrogens is 440 g/mol. The molecule has 10 nitrogen and oxygen atoms in total. The van der Waals surface area contributed by atoms with Gasteiger partial charge in [0.15, 0.2) is 0 Å². The lowest BCUT2D eigenvalue weighted by molar-refractivity contribution is -0.121. The van der Waals surface area contributed by atoms with E-state index in [0.29, 0.717) is 25.2 Å². The van der Waals surface area contributed by atoms with E-state index in [-0.39, 0.29) is 27.9 Å². The number of carboxylic acids is 1. The largest absolute Gasteiger partial charge is 0.478 e. The predicted octanol–water partition coefficient (Wildman–Crippen LogP) is 2.02. The SMILES string of the molecule is CCCNc1ccc(N2C(=O)c3ccc(C(=O)O)cc3C2=O)cc1C(=O)NC(=O)[C@@H]1CCCN1. The minimum atomic E-state index is -1.21. The van der Waals surface area contributed by atoms with Gasteiger partial charge in [-0.05, 0) is 62.2 Å². The minimum Gasteiger partial charge on any atom is -0.478 e. The van der Waals surface area contributed by atoms with Gasteiger partial charge >= 0.3 is 5.97 Å². The Labute approximate surface area is 195 Å². The van der Waals surface area contributed by atoms with Gasteiger partial charge in [-0.1, -0.05) is 6.92 Å². The van der Waals surface area contributed by atoms with E-state index >= 15 is 0 Å². The van der Waals surface area contributed by atoms with Crippen LogP contribution in [-0.2, 0) is 4.79 Å². The lowest BCUT2D eigenvalue weighted by atomic mass is 10.1. The Morgan fingerprint density at radius 2 is 1.85 bits per heavy atom. The standard InChI is InChI=1S/C24H24N4O6/c1-2-9-25-18-8-6-14(12-17(18)20(29)27-21(30)19-4-3-10-26-19)28-22(31)15-7-5-13(24(33)34)11-16(15)23(28)32/h5-8,11-12,19,25-26H,2-4,9-10H2,1H3,(H,33,34)(H,27,29,30)/t19-/m0/s1. The number of carbonyl (C=O) groups is 5. The summed E-state index contributed by atoms with van der Waals surface area (Å²) in [7, 11) is 0. The monoisotopic (exact) mass is 464 g/mol. The zero-order chi connectivity index (χ0) is 24.4. The molecule has 1 atom stereocenters. The van der Waals surface area contributed by atoms with Crippen molar-refractivity contribution >= 4 is 41.0 Å². The number of nitrogens with one attached hydrogen (secondary N) is 3. The first-order valence-electron chi connectivity index (χ1n) is 11.0. The molecule has 4 amide bonds. The molecule has 176 valence electrons. The maximum Gasteiger partial charge on any atom is 0.335 e. The Morgan fingerprint density at radius 1 is 1.09 bits per heavy atom. The van der Waals surface area contributed by atoms with Crippen molar-refractivity contribution in [1.29, 1.82) is 0 Å². The summed E-state index contributed by atoms with van der Waals surface area (Å²) in [5, 5.41) is 17.8. The second-order valence-electron chi connectivity index (χ2n) is 8.14. The number of anilines is 2. The Hall–Kier alpha value is -4.05. The molecule has 0 radical (unpaired) electrons. The molecule has 0 aromatic heterocycles. The lowest BCUT2D eigenvalue weighted by Crippen LogP contribution is -2.43. The highest BCUT2D eigenvalue weighted by molar-refractivity contribution is 6.35. The molecule has 4 N–H and O–H groups in total. The number of amides is 4. The fourth-order valence-corrected chi connectivity index (χ4v) is 4.06. The summed E-state index contributed by atoms with van der Waals surface area (Å²) < 4.78 is 0. The van der Waals surface area contributed by atoms with Crippen molar-refractivity contribution in [3.63, 3.8) is 0 Å². The van der Waals surface area contributed by atoms with Gasteiger partial charge in [-0.25, -0.2) is 9.69 Å². The molecule has 0 saturated carbocycles. The highest BCUT2D eigenvalue weighted by Gasteiger charge is 2.37. The molecule has 0 unspecified atom stereocenters. The zero-order valence-corrected chi connectivity index (χ0v) is 18.5. The average Bonchev–Trinajstić information content (AvgIpc) is 3.45. The van der Waals surface area contributed by atoms with Gasteiger partial charge < -0.3 is 15.7 Å². The number of hydrogen-bond donors (Lipinski definition) is 4. The summed E-state index contributed by atoms with van der Waals surface area (Å²) in [4.78, 5) is 63.6. The number of nitrogens with zero attached hydrogens (tertiary/aromatic N) is 1. The van der Waals surface area contributed by atoms with Gasteiger partial charge in [0.1, 0.15) is 0 Å². The van der Waals surface area contributed by atoms with Gasteiger partial charge in [0, 0.05) is 12.2 Å². The highest BCUT2D eigenvalue weighted by Crippen LogP contribution is 2.31. The van der Waals surface area contributed by atoms with Crippen LogP contribution in [0.4, 0.5) is 11.4 Å². The normalized spacial score (nSPS) is 17.0. The van der Waals surface area contributed by atoms with E-state index in [1.807, 2.05) is 6.92 Å². The number of aromatic carboxylic acids is 1. The van der Waals surface area contributed by atoms with Crippen LogP contribution in [0, 0.1) is 0 Å². The second-order valence-corrected chi connectivity index (χ2v) is 8.14. The van der Waals surface area contributed by atoms with Crippen molar-refractivity contribution in [3.8, 4) is 0 Å². The Balaban J connectivity index is 1.66. The summed E-state index contributed by atoms with van der Waals surface area (Å²) in [5.41, 5.74) is 0.657. The van der Waals surface area contributed by atoms with Gasteiger partial charge in [0.05, 0.1) is 34.0 Å². The van der Waals surface area contributed by atoms with Crippen molar-refractivity contribution in [2.75, 3.05) is 23.3 Å². The summed E-state index contributed by atoms with van der Waals surface area (Å²) >= 11 is 0. The lowest BCUT2D eigenvalue weighted by Gasteiger charge is -2.18. The van der Waals surface area contributed by atoms with E-state index in [2.05, 4.69) is 16.0 Å². The fraction of sp³-hybridized carbons (Fsp3) is 0.292. The number of imide groups is 2. The van der Waals surface area contributed by atoms with Crippen LogP contribution in [0.1, 0.15) is 67.6 Å². The highest BCUT2D eigenvalue weighted by atomic mass is 16.4. The van der Waals surface area contributed by atoms with E-state index in [9.17, 15) is 29.1 Å². The van der Waals surface area contributed by atoms with E-state index < -0.39 is 35.6 Å². The van der Waals surface area contributed by atoms with Gasteiger partial charge in [0.2, 0.25) is 5.91 Å². The number of carboxylic acid groups (broad SMARTS) is 1. The first-order chi connectivity index (χ1) is 16.3. The molecule has 0 spiro atoms. The van der Waals surface area contributed by atoms with Crippen LogP contribution in [-0.4, -0.2) is 53.8 Å². The van der Waals surface area contributed by atoms with Gasteiger partial charge in [0.25, 0.3) is 17.7 Å². The van der Waals surface area contributed by atoms with Crippen molar-refractivity contribution in [2.24, 2.45) is 0 Å². The van der Waals surface area contributed by atoms with Gasteiger partial charge in [-0.3, -0.25) is 24.5 Å². The van der Waals surface area contributed by atoms with Crippen LogP contribution in [0.5, 0.6) is 0 Å². The Bertz CT molecular complexity index is 1200. The fourth-order valence-electron chi connectivity index (χ4n) is 4.06. The molecule has 2 aromatic rings. The van der Waals surface area contributed by atoms with Crippen molar-refractivity contribution < 1.29 is 29.1 Å². The van der Waals surface area contributed by atoms with Crippen LogP contribution in [0.25, 0.3) is 0 Å². The van der Waals surface area contributed by atoms with Crippen LogP contribution < -0.4 is 20.9 Å². The third-order valence-electron chi connectivity index (χ3n) is 5.82. The van der Waals surface area contributed by atoms with E-state index in [4.69, 9.17) is 0 Å². The maximum atomic E-state index is 13.0. The summed E-state index contributed by atoms with van der Waals surface area (Å²) in [6.45, 7) is 3.23. The second kappa shape index (κ2) is 9.44. The molecule has 2 aliphatic heterocycles. The van der Waals surface area contributed by atoms with Gasteiger partial charge in [-0.2, -0.15) is 0 Å². The van der Waals surface area contributed by atoms with Crippen LogP contribution >= 0.6 is 0 Å². The number of benzene rings is 2. The molecule has 4 rings (SSSR count). The van der Waals surface area contributed by atoms with Crippen LogP contribution in [0.15, 0.2) is 36.4 Å². The minimum absolute atomic E-state index is 0.0217. The van der Waals surface area contributed by atoms with Crippen molar-refractivity contribution in [3.05, 3.63) is 58.7 Å². The van der Waals surface area contributed by atoms with E-state index in [1.165, 1.54) is 24.3 Å². The number of carbonyl (C=O) groups excluding carboxylic acids is 4. The first-order valence-corrected chi connectivity index (χ1v) is 11.0. The van der Waals surface area contributed by atoms with Gasteiger partial charge in [-0.15, -0.1) is 0 Å². The third kappa shape index (κ3) is 4.27. The molecule has 0 aliphatic carbocycles. The average molecular weight is 464 g/mol. The topological polar surface area (TPSA) is 145 Å². The van der Waals surface area contributed by atoms with Crippen LogP contribution in [0.3, 0.4) is 0 Å². The molecule has 2 heterocycles. The maximum absolute atomic E-state index is 13.0. The van der Waals surface area contributed by atoms with Crippen molar-refractivity contribution in [2.45, 2.75) is 32.2 Å². The Morgan fingerprint density at radius 3 is 2.53 bits per heavy atom. The van der Waals surface area contributed by atoms with Crippen LogP contribution in [0.2, 0.25) is 0 Å². The molecule has 1 saturated heterocycles. The zero-order valence-electron chi connectivity index (χ0n) is 18.5. The number of fused-ring (bicyclic) bond motifs is 1. The van der Waals surface area contributed by atoms with E-state index in [0.717, 1.165) is 23.8 Å².